The lowest BCUT2D eigenvalue weighted by Gasteiger charge is -2.03. The second-order valence-corrected chi connectivity index (χ2v) is 3.09. The Balaban J connectivity index is 3.17. The van der Waals surface area contributed by atoms with Gasteiger partial charge in [0, 0.05) is 12.7 Å². The maximum atomic E-state index is 10.7. The van der Waals surface area contributed by atoms with Crippen LogP contribution in [0.1, 0.15) is 21.7 Å². The molecule has 5 nitrogen and oxygen atoms in total. The van der Waals surface area contributed by atoms with Gasteiger partial charge in [0.25, 0.3) is 0 Å². The Bertz CT molecular complexity index is 392. The van der Waals surface area contributed by atoms with Crippen molar-refractivity contribution in [3.8, 4) is 0 Å². The molecular formula is C9H11NO4. The van der Waals surface area contributed by atoms with Crippen LogP contribution in [0.25, 0.3) is 0 Å². The van der Waals surface area contributed by atoms with Gasteiger partial charge >= 0.3 is 11.9 Å². The number of carboxylic acids is 2. The van der Waals surface area contributed by atoms with Crippen molar-refractivity contribution in [2.24, 2.45) is 7.05 Å². The zero-order valence-electron chi connectivity index (χ0n) is 7.94. The lowest BCUT2D eigenvalue weighted by molar-refractivity contribution is -0.136. The molecule has 0 unspecified atom stereocenters. The lowest BCUT2D eigenvalue weighted by atomic mass is 10.2. The molecule has 1 aromatic heterocycles. The molecule has 0 atom stereocenters. The molecule has 0 bridgehead atoms. The number of rotatable bonds is 3. The molecule has 0 aliphatic carbocycles. The van der Waals surface area contributed by atoms with Gasteiger partial charge in [-0.15, -0.1) is 0 Å². The van der Waals surface area contributed by atoms with Crippen LogP contribution < -0.4 is 0 Å². The number of carboxylic acid groups (broad SMARTS) is 2. The Morgan fingerprint density at radius 1 is 1.43 bits per heavy atom. The summed E-state index contributed by atoms with van der Waals surface area (Å²) in [7, 11) is 1.55. The fourth-order valence-electron chi connectivity index (χ4n) is 1.40. The highest BCUT2D eigenvalue weighted by Gasteiger charge is 2.16. The zero-order chi connectivity index (χ0) is 10.9. The topological polar surface area (TPSA) is 79.5 Å². The first-order chi connectivity index (χ1) is 6.43. The highest BCUT2D eigenvalue weighted by molar-refractivity contribution is 5.86. The second-order valence-electron chi connectivity index (χ2n) is 3.09. The molecule has 1 rings (SSSR count). The van der Waals surface area contributed by atoms with Crippen LogP contribution in [-0.2, 0) is 18.3 Å². The van der Waals surface area contributed by atoms with E-state index in [1.54, 1.807) is 14.0 Å². The van der Waals surface area contributed by atoms with Crippen molar-refractivity contribution in [2.75, 3.05) is 0 Å². The molecule has 0 aliphatic heterocycles. The number of aromatic nitrogens is 1. The minimum absolute atomic E-state index is 0.110. The molecule has 0 saturated carbocycles. The summed E-state index contributed by atoms with van der Waals surface area (Å²) in [5.74, 6) is -2.02. The van der Waals surface area contributed by atoms with Gasteiger partial charge in [0.05, 0.1) is 6.42 Å². The summed E-state index contributed by atoms with van der Waals surface area (Å²) in [6.07, 6.45) is -0.157. The van der Waals surface area contributed by atoms with Crippen LogP contribution in [0.5, 0.6) is 0 Å². The van der Waals surface area contributed by atoms with Crippen LogP contribution in [0.3, 0.4) is 0 Å². The number of hydrogen-bond donors (Lipinski definition) is 2. The summed E-state index contributed by atoms with van der Waals surface area (Å²) >= 11 is 0. The van der Waals surface area contributed by atoms with E-state index in [1.807, 2.05) is 0 Å². The Morgan fingerprint density at radius 3 is 2.36 bits per heavy atom. The van der Waals surface area contributed by atoms with Gasteiger partial charge in [-0.2, -0.15) is 0 Å². The van der Waals surface area contributed by atoms with Crippen LogP contribution in [-0.4, -0.2) is 26.7 Å². The number of aromatic carboxylic acids is 1. The van der Waals surface area contributed by atoms with Crippen molar-refractivity contribution in [1.82, 2.24) is 4.57 Å². The van der Waals surface area contributed by atoms with Crippen LogP contribution in [0, 0.1) is 6.92 Å². The summed E-state index contributed by atoms with van der Waals surface area (Å²) in [6.45, 7) is 1.70. The molecule has 5 heteroatoms. The molecule has 0 saturated heterocycles. The average molecular weight is 197 g/mol. The smallest absolute Gasteiger partial charge is 0.352 e. The van der Waals surface area contributed by atoms with Crippen LogP contribution in [0.2, 0.25) is 0 Å². The largest absolute Gasteiger partial charge is 0.481 e. The van der Waals surface area contributed by atoms with Crippen molar-refractivity contribution < 1.29 is 19.8 Å². The molecule has 0 amide bonds. The predicted molar refractivity (Wildman–Crippen MR) is 48.4 cm³/mol. The van der Waals surface area contributed by atoms with E-state index in [4.69, 9.17) is 10.2 Å². The Morgan fingerprint density at radius 2 is 2.00 bits per heavy atom. The molecule has 0 radical (unpaired) electrons. The minimum Gasteiger partial charge on any atom is -0.481 e. The fraction of sp³-hybridized carbons (Fsp3) is 0.333. The van der Waals surface area contributed by atoms with E-state index in [0.29, 0.717) is 11.3 Å². The number of carbonyl (C=O) groups is 2. The fourth-order valence-corrected chi connectivity index (χ4v) is 1.40. The number of aryl methyl sites for hydroxylation is 1. The maximum absolute atomic E-state index is 10.7. The first-order valence-corrected chi connectivity index (χ1v) is 4.03. The van der Waals surface area contributed by atoms with Gasteiger partial charge in [-0.05, 0) is 18.6 Å². The van der Waals surface area contributed by atoms with Gasteiger partial charge in [-0.3, -0.25) is 4.79 Å². The first-order valence-electron chi connectivity index (χ1n) is 4.03. The van der Waals surface area contributed by atoms with Crippen molar-refractivity contribution >= 4 is 11.9 Å². The zero-order valence-corrected chi connectivity index (χ0v) is 7.94. The minimum atomic E-state index is -1.05. The van der Waals surface area contributed by atoms with Gasteiger partial charge in [0.1, 0.15) is 5.69 Å². The van der Waals surface area contributed by atoms with E-state index in [1.165, 1.54) is 10.6 Å². The highest BCUT2D eigenvalue weighted by atomic mass is 16.4. The molecule has 14 heavy (non-hydrogen) atoms. The lowest BCUT2D eigenvalue weighted by Crippen LogP contribution is -2.10. The Labute approximate surface area is 80.6 Å². The normalized spacial score (nSPS) is 10.1. The summed E-state index contributed by atoms with van der Waals surface area (Å²) in [5.41, 5.74) is 1.32. The van der Waals surface area contributed by atoms with Gasteiger partial charge in [0.15, 0.2) is 0 Å². The van der Waals surface area contributed by atoms with Crippen LogP contribution >= 0.6 is 0 Å². The number of hydrogen-bond acceptors (Lipinski definition) is 2. The Hall–Kier alpha value is -1.78. The Kier molecular flexibility index (Phi) is 2.60. The molecule has 76 valence electrons. The molecule has 0 aromatic carbocycles. The SMILES string of the molecule is Cc1cc(C(=O)O)n(C)c1CC(=O)O. The predicted octanol–water partition coefficient (Wildman–Crippen LogP) is 0.659. The van der Waals surface area contributed by atoms with E-state index in [-0.39, 0.29) is 12.1 Å². The molecule has 0 aliphatic rings. The molecule has 2 N–H and O–H groups in total. The van der Waals surface area contributed by atoms with Crippen LogP contribution in [0.15, 0.2) is 6.07 Å². The van der Waals surface area contributed by atoms with Gasteiger partial charge < -0.3 is 14.8 Å². The summed E-state index contributed by atoms with van der Waals surface area (Å²) in [6, 6.07) is 1.47. The third-order valence-corrected chi connectivity index (χ3v) is 2.11. The van der Waals surface area contributed by atoms with Crippen molar-refractivity contribution in [3.05, 3.63) is 23.0 Å². The van der Waals surface area contributed by atoms with Crippen molar-refractivity contribution in [3.63, 3.8) is 0 Å². The van der Waals surface area contributed by atoms with E-state index >= 15 is 0 Å². The van der Waals surface area contributed by atoms with E-state index in [2.05, 4.69) is 0 Å². The van der Waals surface area contributed by atoms with Crippen molar-refractivity contribution in [2.45, 2.75) is 13.3 Å². The van der Waals surface area contributed by atoms with Crippen LogP contribution in [0.4, 0.5) is 0 Å². The molecule has 1 aromatic rings. The summed E-state index contributed by atoms with van der Waals surface area (Å²) in [4.78, 5) is 21.2. The van der Waals surface area contributed by atoms with Gasteiger partial charge in [0.2, 0.25) is 0 Å². The monoisotopic (exact) mass is 197 g/mol. The van der Waals surface area contributed by atoms with Crippen molar-refractivity contribution in [1.29, 1.82) is 0 Å². The molecule has 0 spiro atoms. The molecular weight excluding hydrogens is 186 g/mol. The van der Waals surface area contributed by atoms with E-state index < -0.39 is 11.9 Å². The van der Waals surface area contributed by atoms with E-state index in [9.17, 15) is 9.59 Å². The summed E-state index contributed by atoms with van der Waals surface area (Å²) < 4.78 is 1.39. The quantitative estimate of drug-likeness (QED) is 0.745. The second kappa shape index (κ2) is 3.53. The first kappa shape index (κ1) is 10.3. The highest BCUT2D eigenvalue weighted by Crippen LogP contribution is 2.14. The van der Waals surface area contributed by atoms with Gasteiger partial charge in [-0.1, -0.05) is 0 Å². The third kappa shape index (κ3) is 1.76. The maximum Gasteiger partial charge on any atom is 0.352 e. The van der Waals surface area contributed by atoms with Gasteiger partial charge in [-0.25, -0.2) is 4.79 Å². The van der Waals surface area contributed by atoms with E-state index in [0.717, 1.165) is 0 Å². The third-order valence-electron chi connectivity index (χ3n) is 2.11. The summed E-state index contributed by atoms with van der Waals surface area (Å²) in [5, 5.41) is 17.4. The number of aliphatic carboxylic acids is 1. The molecule has 0 fully saturated rings. The standard InChI is InChI=1S/C9H11NO4/c1-5-3-7(9(13)14)10(2)6(5)4-8(11)12/h3H,4H2,1-2H3,(H,11,12)(H,13,14). The number of nitrogens with zero attached hydrogens (tertiary/aromatic N) is 1. The average Bonchev–Trinajstić information content (AvgIpc) is 2.31. The molecule has 1 heterocycles.